The zero-order valence-corrected chi connectivity index (χ0v) is 10.7. The molecule has 2 rings (SSSR count). The van der Waals surface area contributed by atoms with Crippen molar-refractivity contribution in [3.05, 3.63) is 36.4 Å². The van der Waals surface area contributed by atoms with E-state index < -0.39 is 0 Å². The van der Waals surface area contributed by atoms with Gasteiger partial charge in [-0.05, 0) is 23.8 Å². The molecule has 0 fully saturated rings. The average molecular weight is 344 g/mol. The van der Waals surface area contributed by atoms with Crippen LogP contribution < -0.4 is 3.07 Å². The monoisotopic (exact) mass is 344 g/mol. The Hall–Kier alpha value is -1.63. The summed E-state index contributed by atoms with van der Waals surface area (Å²) in [5, 5.41) is 28.7. The summed E-state index contributed by atoms with van der Waals surface area (Å²) in [7, 11) is 0. The van der Waals surface area contributed by atoms with Crippen molar-refractivity contribution in [2.45, 2.75) is 0 Å². The second-order valence-corrected chi connectivity index (χ2v) is 3.91. The molecule has 0 amide bonds. The average Bonchev–Trinajstić information content (AvgIpc) is 2.32. The van der Waals surface area contributed by atoms with Gasteiger partial charge in [-0.3, -0.25) is 0 Å². The first-order valence-corrected chi connectivity index (χ1v) is 5.64. The maximum absolute atomic E-state index is 9.77. The maximum Gasteiger partial charge on any atom is 0.192 e. The van der Waals surface area contributed by atoms with Crippen LogP contribution in [0.15, 0.2) is 36.4 Å². The Morgan fingerprint density at radius 1 is 1.00 bits per heavy atom. The number of aromatic hydroxyl groups is 3. The first-order valence-electron chi connectivity index (χ1n) is 4.76. The van der Waals surface area contributed by atoms with Crippen LogP contribution >= 0.6 is 23.0 Å². The Kier molecular flexibility index (Phi) is 3.28. The minimum atomic E-state index is -0.266. The van der Waals surface area contributed by atoms with E-state index in [1.165, 1.54) is 18.2 Å². The minimum absolute atomic E-state index is 0.0854. The highest BCUT2D eigenvalue weighted by Gasteiger charge is 2.12. The van der Waals surface area contributed by atoms with Crippen LogP contribution in [-0.2, 0) is 0 Å². The summed E-state index contributed by atoms with van der Waals surface area (Å²) in [6.45, 7) is 0. The Morgan fingerprint density at radius 2 is 1.76 bits per heavy atom. The smallest absolute Gasteiger partial charge is 0.192 e. The van der Waals surface area contributed by atoms with Crippen molar-refractivity contribution in [1.82, 2.24) is 0 Å². The van der Waals surface area contributed by atoms with Gasteiger partial charge in [-0.2, -0.15) is 0 Å². The molecule has 4 nitrogen and oxygen atoms in total. The minimum Gasteiger partial charge on any atom is -0.508 e. The van der Waals surface area contributed by atoms with Gasteiger partial charge < -0.3 is 18.4 Å². The van der Waals surface area contributed by atoms with Crippen molar-refractivity contribution >= 4 is 23.0 Å². The van der Waals surface area contributed by atoms with Gasteiger partial charge in [0.05, 0.1) is 0 Å². The molecule has 0 saturated heterocycles. The molecule has 0 aliphatic heterocycles. The van der Waals surface area contributed by atoms with E-state index in [4.69, 9.17) is 3.07 Å². The van der Waals surface area contributed by atoms with E-state index in [2.05, 4.69) is 0 Å². The number of phenols is 3. The van der Waals surface area contributed by atoms with Gasteiger partial charge in [-0.1, -0.05) is 12.1 Å². The molecule has 88 valence electrons. The molecule has 0 unspecified atom stereocenters. The van der Waals surface area contributed by atoms with Crippen LogP contribution in [0.2, 0.25) is 0 Å². The lowest BCUT2D eigenvalue weighted by atomic mass is 10.0. The van der Waals surface area contributed by atoms with E-state index >= 15 is 0 Å². The largest absolute Gasteiger partial charge is 0.508 e. The van der Waals surface area contributed by atoms with Crippen LogP contribution in [0.3, 0.4) is 0 Å². The van der Waals surface area contributed by atoms with E-state index in [0.29, 0.717) is 16.9 Å². The van der Waals surface area contributed by atoms with Crippen LogP contribution in [0.1, 0.15) is 0 Å². The molecule has 5 heteroatoms. The molecule has 0 aliphatic carbocycles. The predicted octanol–water partition coefficient (Wildman–Crippen LogP) is 3.20. The lowest BCUT2D eigenvalue weighted by Crippen LogP contribution is -1.82. The number of rotatable bonds is 2. The third kappa shape index (κ3) is 2.38. The summed E-state index contributed by atoms with van der Waals surface area (Å²) in [4.78, 5) is 0. The van der Waals surface area contributed by atoms with E-state index in [9.17, 15) is 15.3 Å². The summed E-state index contributed by atoms with van der Waals surface area (Å²) in [6.07, 6.45) is 0. The predicted molar refractivity (Wildman–Crippen MR) is 71.5 cm³/mol. The molecule has 2 aromatic rings. The fraction of sp³-hybridized carbons (Fsp3) is 0. The Morgan fingerprint density at radius 3 is 2.41 bits per heavy atom. The topological polar surface area (TPSA) is 69.9 Å². The lowest BCUT2D eigenvalue weighted by Gasteiger charge is -2.08. The highest BCUT2D eigenvalue weighted by Crippen LogP contribution is 2.41. The van der Waals surface area contributed by atoms with Crippen LogP contribution in [0, 0.1) is 0 Å². The fourth-order valence-electron chi connectivity index (χ4n) is 1.53. The Balaban J connectivity index is 2.62. The van der Waals surface area contributed by atoms with E-state index in [1.54, 1.807) is 41.2 Å². The van der Waals surface area contributed by atoms with Crippen molar-refractivity contribution in [3.8, 4) is 34.1 Å². The zero-order chi connectivity index (χ0) is 12.4. The third-order valence-corrected chi connectivity index (χ3v) is 2.82. The van der Waals surface area contributed by atoms with Crippen molar-refractivity contribution < 1.29 is 18.4 Å². The summed E-state index contributed by atoms with van der Waals surface area (Å²) >= 11 is 1.68. The molecule has 0 spiro atoms. The Labute approximate surface area is 112 Å². The maximum atomic E-state index is 9.77. The van der Waals surface area contributed by atoms with Gasteiger partial charge in [0.2, 0.25) is 0 Å². The third-order valence-electron chi connectivity index (χ3n) is 2.31. The fourth-order valence-corrected chi connectivity index (χ4v) is 1.79. The summed E-state index contributed by atoms with van der Waals surface area (Å²) < 4.78 is 4.98. The summed E-state index contributed by atoms with van der Waals surface area (Å²) in [5.74, 6) is -0.00765. The highest BCUT2D eigenvalue weighted by atomic mass is 127. The van der Waals surface area contributed by atoms with Crippen molar-refractivity contribution in [1.29, 1.82) is 0 Å². The van der Waals surface area contributed by atoms with Crippen LogP contribution in [-0.4, -0.2) is 15.3 Å². The lowest BCUT2D eigenvalue weighted by molar-refractivity contribution is 0.403. The number of halogens is 1. The molecule has 3 N–H and O–H groups in total. The van der Waals surface area contributed by atoms with Gasteiger partial charge in [-0.15, -0.1) is 0 Å². The van der Waals surface area contributed by atoms with E-state index in [1.807, 2.05) is 0 Å². The van der Waals surface area contributed by atoms with Crippen LogP contribution in [0.4, 0.5) is 0 Å². The summed E-state index contributed by atoms with van der Waals surface area (Å²) in [6, 6.07) is 9.28. The van der Waals surface area contributed by atoms with Gasteiger partial charge >= 0.3 is 0 Å². The second kappa shape index (κ2) is 4.70. The molecular formula is C12H9IO4. The molecule has 0 aromatic heterocycles. The van der Waals surface area contributed by atoms with E-state index in [0.717, 1.165) is 0 Å². The first kappa shape index (κ1) is 11.8. The number of phenolic OH excluding ortho intramolecular Hbond substituents is 3. The normalized spacial score (nSPS) is 10.2. The molecule has 2 aromatic carbocycles. The molecule has 0 heterocycles. The molecule has 0 radical (unpaired) electrons. The highest BCUT2D eigenvalue weighted by molar-refractivity contribution is 14.1. The molecule has 0 saturated carbocycles. The quantitative estimate of drug-likeness (QED) is 0.578. The Bertz CT molecular complexity index is 554. The number of hydrogen-bond donors (Lipinski definition) is 3. The van der Waals surface area contributed by atoms with Gasteiger partial charge in [-0.25, -0.2) is 0 Å². The van der Waals surface area contributed by atoms with Gasteiger partial charge in [0, 0.05) is 11.6 Å². The van der Waals surface area contributed by atoms with Crippen molar-refractivity contribution in [3.63, 3.8) is 0 Å². The first-order chi connectivity index (χ1) is 8.11. The van der Waals surface area contributed by atoms with Crippen molar-refractivity contribution in [2.75, 3.05) is 0 Å². The van der Waals surface area contributed by atoms with Crippen LogP contribution in [0.5, 0.6) is 23.0 Å². The number of hydrogen-bond acceptors (Lipinski definition) is 4. The number of benzene rings is 2. The standard InChI is InChI=1S/C12H9IO4/c13-17-9-5-10(12(16)11(15)6-9)7-2-1-3-8(14)4-7/h1-6,14-16H. The molecule has 0 aliphatic rings. The van der Waals surface area contributed by atoms with Crippen molar-refractivity contribution in [2.24, 2.45) is 0 Å². The molecule has 0 atom stereocenters. The molecule has 0 bridgehead atoms. The van der Waals surface area contributed by atoms with Gasteiger partial charge in [0.25, 0.3) is 0 Å². The zero-order valence-electron chi connectivity index (χ0n) is 8.59. The van der Waals surface area contributed by atoms with Gasteiger partial charge in [0.15, 0.2) is 34.5 Å². The summed E-state index contributed by atoms with van der Waals surface area (Å²) in [5.41, 5.74) is 0.987. The molecular weight excluding hydrogens is 335 g/mol. The van der Waals surface area contributed by atoms with Crippen LogP contribution in [0.25, 0.3) is 11.1 Å². The SMILES string of the molecule is Oc1cccc(-c2cc(OI)cc(O)c2O)c1. The molecule has 17 heavy (non-hydrogen) atoms. The van der Waals surface area contributed by atoms with E-state index in [-0.39, 0.29) is 17.2 Å². The van der Waals surface area contributed by atoms with Gasteiger partial charge in [0.1, 0.15) is 11.5 Å². The second-order valence-electron chi connectivity index (χ2n) is 3.47.